The number of rotatable bonds is 7. The van der Waals surface area contributed by atoms with Crippen LogP contribution in [0.3, 0.4) is 0 Å². The minimum absolute atomic E-state index is 0.00350. The van der Waals surface area contributed by atoms with Crippen molar-refractivity contribution >= 4 is 23.7 Å². The lowest BCUT2D eigenvalue weighted by molar-refractivity contribution is -0.138. The molecule has 0 amide bonds. The maximum absolute atomic E-state index is 14.2. The molecule has 0 spiro atoms. The topological polar surface area (TPSA) is 63.6 Å². The van der Waals surface area contributed by atoms with E-state index in [9.17, 15) is 14.5 Å². The number of benzene rings is 3. The van der Waals surface area contributed by atoms with Crippen LogP contribution in [0.5, 0.6) is 5.75 Å². The van der Waals surface area contributed by atoms with Crippen molar-refractivity contribution in [3.63, 3.8) is 0 Å². The van der Waals surface area contributed by atoms with Crippen molar-refractivity contribution in [2.75, 3.05) is 13.3 Å². The Hall–Kier alpha value is -2.84. The zero-order valence-corrected chi connectivity index (χ0v) is 15.9. The van der Waals surface area contributed by atoms with Crippen molar-refractivity contribution in [1.29, 1.82) is 0 Å². The quantitative estimate of drug-likeness (QED) is 0.632. The van der Waals surface area contributed by atoms with Gasteiger partial charge in [0.1, 0.15) is 12.9 Å². The first kappa shape index (κ1) is 18.9. The lowest BCUT2D eigenvalue weighted by Crippen LogP contribution is -2.25. The minimum Gasteiger partial charge on any atom is -0.497 e. The van der Waals surface area contributed by atoms with E-state index in [4.69, 9.17) is 4.74 Å². The molecule has 0 radical (unpaired) electrons. The van der Waals surface area contributed by atoms with Gasteiger partial charge in [-0.2, -0.15) is 0 Å². The van der Waals surface area contributed by atoms with E-state index in [2.05, 4.69) is 0 Å². The average Bonchev–Trinajstić information content (AvgIpc) is 2.73. The molecule has 0 aliphatic heterocycles. The summed E-state index contributed by atoms with van der Waals surface area (Å²) in [6.07, 6.45) is 0.00350. The van der Waals surface area contributed by atoms with E-state index in [1.165, 1.54) is 7.11 Å². The van der Waals surface area contributed by atoms with E-state index in [1.54, 1.807) is 48.5 Å². The van der Waals surface area contributed by atoms with E-state index < -0.39 is 19.0 Å². The molecule has 0 saturated carbocycles. The van der Waals surface area contributed by atoms with Crippen LogP contribution in [0.4, 0.5) is 0 Å². The van der Waals surface area contributed by atoms with Gasteiger partial charge >= 0.3 is 5.97 Å². The molecular formula is C22H21O4P. The monoisotopic (exact) mass is 380 g/mol. The molecule has 3 aromatic carbocycles. The SMILES string of the molecule is COc1cccc(C(CP(=O)(c2ccccc2)c2ccccc2)C(=O)O)c1. The van der Waals surface area contributed by atoms with Gasteiger partial charge < -0.3 is 14.4 Å². The summed E-state index contributed by atoms with van der Waals surface area (Å²) >= 11 is 0. The van der Waals surface area contributed by atoms with Crippen LogP contribution in [-0.2, 0) is 9.36 Å². The molecule has 0 bridgehead atoms. The third-order valence-corrected chi connectivity index (χ3v) is 7.72. The lowest BCUT2D eigenvalue weighted by atomic mass is 10.0. The molecule has 0 aliphatic carbocycles. The number of aliphatic carboxylic acids is 1. The Balaban J connectivity index is 2.09. The highest BCUT2D eigenvalue weighted by Crippen LogP contribution is 2.47. The summed E-state index contributed by atoms with van der Waals surface area (Å²) in [5.41, 5.74) is 0.578. The molecule has 0 aliphatic rings. The van der Waals surface area contributed by atoms with Gasteiger partial charge in [-0.1, -0.05) is 72.8 Å². The molecular weight excluding hydrogens is 359 g/mol. The Morgan fingerprint density at radius 3 is 1.96 bits per heavy atom. The first-order chi connectivity index (χ1) is 13.0. The van der Waals surface area contributed by atoms with E-state index in [-0.39, 0.29) is 6.16 Å². The van der Waals surface area contributed by atoms with Crippen molar-refractivity contribution in [3.8, 4) is 5.75 Å². The third-order valence-electron chi connectivity index (χ3n) is 4.58. The second-order valence-electron chi connectivity index (χ2n) is 6.26. The Morgan fingerprint density at radius 1 is 0.926 bits per heavy atom. The molecule has 4 nitrogen and oxygen atoms in total. The van der Waals surface area contributed by atoms with Crippen molar-refractivity contribution < 1.29 is 19.2 Å². The molecule has 5 heteroatoms. The van der Waals surface area contributed by atoms with Gasteiger partial charge in [0, 0.05) is 16.8 Å². The highest BCUT2D eigenvalue weighted by atomic mass is 31.2. The van der Waals surface area contributed by atoms with Gasteiger partial charge in [-0.3, -0.25) is 4.79 Å². The predicted octanol–water partition coefficient (Wildman–Crippen LogP) is 3.88. The van der Waals surface area contributed by atoms with E-state index in [0.29, 0.717) is 21.9 Å². The summed E-state index contributed by atoms with van der Waals surface area (Å²) < 4.78 is 19.4. The summed E-state index contributed by atoms with van der Waals surface area (Å²) in [5, 5.41) is 11.2. The first-order valence-electron chi connectivity index (χ1n) is 8.61. The Kier molecular flexibility index (Phi) is 5.78. The van der Waals surface area contributed by atoms with Crippen LogP contribution in [-0.4, -0.2) is 24.3 Å². The molecule has 1 unspecified atom stereocenters. The predicted molar refractivity (Wildman–Crippen MR) is 108 cm³/mol. The van der Waals surface area contributed by atoms with Crippen LogP contribution in [0.25, 0.3) is 0 Å². The van der Waals surface area contributed by atoms with Gasteiger partial charge in [0.05, 0.1) is 13.0 Å². The van der Waals surface area contributed by atoms with Gasteiger partial charge in [0.15, 0.2) is 0 Å². The summed E-state index contributed by atoms with van der Waals surface area (Å²) in [4.78, 5) is 12.1. The molecule has 27 heavy (non-hydrogen) atoms. The van der Waals surface area contributed by atoms with Crippen LogP contribution in [0.15, 0.2) is 84.9 Å². The van der Waals surface area contributed by atoms with Crippen molar-refractivity contribution in [3.05, 3.63) is 90.5 Å². The smallest absolute Gasteiger partial charge is 0.311 e. The Morgan fingerprint density at radius 2 is 1.48 bits per heavy atom. The lowest BCUT2D eigenvalue weighted by Gasteiger charge is -2.23. The first-order valence-corrected chi connectivity index (χ1v) is 10.5. The van der Waals surface area contributed by atoms with Crippen molar-refractivity contribution in [2.24, 2.45) is 0 Å². The number of hydrogen-bond donors (Lipinski definition) is 1. The molecule has 3 aromatic rings. The van der Waals surface area contributed by atoms with Crippen molar-refractivity contribution in [1.82, 2.24) is 0 Å². The van der Waals surface area contributed by atoms with Gasteiger partial charge in [-0.15, -0.1) is 0 Å². The molecule has 0 heterocycles. The molecule has 0 fully saturated rings. The molecule has 0 saturated heterocycles. The molecule has 3 rings (SSSR count). The minimum atomic E-state index is -3.14. The second kappa shape index (κ2) is 8.24. The van der Waals surface area contributed by atoms with E-state index in [1.807, 2.05) is 36.4 Å². The van der Waals surface area contributed by atoms with Crippen LogP contribution in [0, 0.1) is 0 Å². The van der Waals surface area contributed by atoms with Crippen LogP contribution < -0.4 is 15.3 Å². The molecule has 138 valence electrons. The highest BCUT2D eigenvalue weighted by molar-refractivity contribution is 7.78. The normalized spacial score (nSPS) is 12.3. The highest BCUT2D eigenvalue weighted by Gasteiger charge is 2.34. The standard InChI is InChI=1S/C22H21O4P/c1-26-18-10-8-9-17(15-18)21(22(23)24)16-27(25,19-11-4-2-5-12-19)20-13-6-3-7-14-20/h2-15,21H,16H2,1H3,(H,23,24). The number of methoxy groups -OCH3 is 1. The van der Waals surface area contributed by atoms with E-state index in [0.717, 1.165) is 0 Å². The fraction of sp³-hybridized carbons (Fsp3) is 0.136. The number of hydrogen-bond acceptors (Lipinski definition) is 3. The zero-order chi connectivity index (χ0) is 19.3. The van der Waals surface area contributed by atoms with Gasteiger partial charge in [-0.05, 0) is 17.7 Å². The maximum Gasteiger partial charge on any atom is 0.311 e. The molecule has 0 aromatic heterocycles. The number of carbonyl (C=O) groups is 1. The van der Waals surface area contributed by atoms with E-state index >= 15 is 0 Å². The summed E-state index contributed by atoms with van der Waals surface area (Å²) in [6, 6.07) is 25.2. The van der Waals surface area contributed by atoms with Gasteiger partial charge in [-0.25, -0.2) is 0 Å². The third kappa shape index (κ3) is 4.12. The fourth-order valence-electron chi connectivity index (χ4n) is 3.14. The van der Waals surface area contributed by atoms with Gasteiger partial charge in [0.25, 0.3) is 0 Å². The summed E-state index contributed by atoms with van der Waals surface area (Å²) in [5.74, 6) is -1.34. The summed E-state index contributed by atoms with van der Waals surface area (Å²) in [6.45, 7) is 0. The fourth-order valence-corrected chi connectivity index (χ4v) is 6.05. The number of carboxylic acids is 1. The van der Waals surface area contributed by atoms with Crippen molar-refractivity contribution in [2.45, 2.75) is 5.92 Å². The molecule has 1 N–H and O–H groups in total. The summed E-state index contributed by atoms with van der Waals surface area (Å²) in [7, 11) is -1.61. The second-order valence-corrected chi connectivity index (χ2v) is 9.14. The largest absolute Gasteiger partial charge is 0.497 e. The zero-order valence-electron chi connectivity index (χ0n) is 15.0. The average molecular weight is 380 g/mol. The van der Waals surface area contributed by atoms with Crippen LogP contribution >= 0.6 is 7.14 Å². The van der Waals surface area contributed by atoms with Gasteiger partial charge in [0.2, 0.25) is 0 Å². The van der Waals surface area contributed by atoms with Crippen LogP contribution in [0.2, 0.25) is 0 Å². The number of ether oxygens (including phenoxy) is 1. The Labute approximate surface area is 158 Å². The number of carboxylic acid groups (broad SMARTS) is 1. The molecule has 1 atom stereocenters. The Bertz CT molecular complexity index is 911. The maximum atomic E-state index is 14.2. The van der Waals surface area contributed by atoms with Crippen LogP contribution in [0.1, 0.15) is 11.5 Å².